The summed E-state index contributed by atoms with van der Waals surface area (Å²) < 4.78 is 5.00. The summed E-state index contributed by atoms with van der Waals surface area (Å²) in [6, 6.07) is 5.64. The Morgan fingerprint density at radius 2 is 1.95 bits per heavy atom. The Morgan fingerprint density at radius 3 is 2.40 bits per heavy atom. The molecule has 0 unspecified atom stereocenters. The lowest BCUT2D eigenvalue weighted by Crippen LogP contribution is -2.95. The number of carbonyl (C=O) groups excluding carboxylic acids is 2. The highest BCUT2D eigenvalue weighted by molar-refractivity contribution is 5.96. The molecule has 1 aromatic carbocycles. The zero-order valence-corrected chi connectivity index (χ0v) is 11.5. The standard InChI is InChI=1S/C14H19NO5/c1-9(16)13(14(18)19)15-8-7-12(17)10-3-5-11(20-2)6-4-10/h3-6,9,13,15-16H,7-8H2,1-2H3,(H,18,19)/t9-,13+/m1/s1. The predicted octanol–water partition coefficient (Wildman–Crippen LogP) is -1.67. The molecule has 0 bridgehead atoms. The van der Waals surface area contributed by atoms with Gasteiger partial charge in [-0.05, 0) is 31.2 Å². The second-order valence-corrected chi connectivity index (χ2v) is 4.51. The second kappa shape index (κ2) is 7.62. The van der Waals surface area contributed by atoms with Gasteiger partial charge in [-0.2, -0.15) is 0 Å². The summed E-state index contributed by atoms with van der Waals surface area (Å²) in [7, 11) is 1.54. The molecule has 3 N–H and O–H groups in total. The molecule has 0 aliphatic rings. The van der Waals surface area contributed by atoms with E-state index in [0.717, 1.165) is 0 Å². The van der Waals surface area contributed by atoms with Crippen molar-refractivity contribution < 1.29 is 29.9 Å². The van der Waals surface area contributed by atoms with Crippen LogP contribution in [0.25, 0.3) is 0 Å². The molecule has 0 fully saturated rings. The molecule has 110 valence electrons. The van der Waals surface area contributed by atoms with Gasteiger partial charge >= 0.3 is 0 Å². The minimum atomic E-state index is -1.34. The molecule has 0 aromatic heterocycles. The van der Waals surface area contributed by atoms with E-state index in [4.69, 9.17) is 4.74 Å². The molecule has 0 spiro atoms. The third-order valence-corrected chi connectivity index (χ3v) is 3.00. The molecular formula is C14H19NO5. The smallest absolute Gasteiger partial charge is 0.168 e. The first-order chi connectivity index (χ1) is 9.45. The molecule has 0 aliphatic carbocycles. The maximum atomic E-state index is 11.9. The van der Waals surface area contributed by atoms with Gasteiger partial charge in [-0.15, -0.1) is 0 Å². The summed E-state index contributed by atoms with van der Waals surface area (Å²) in [5, 5.41) is 21.4. The van der Waals surface area contributed by atoms with Gasteiger partial charge in [0.05, 0.1) is 20.1 Å². The fraction of sp³-hybridized carbons (Fsp3) is 0.429. The molecule has 0 saturated carbocycles. The van der Waals surface area contributed by atoms with Gasteiger partial charge in [0.2, 0.25) is 0 Å². The van der Waals surface area contributed by atoms with Crippen LogP contribution in [0.15, 0.2) is 24.3 Å². The SMILES string of the molecule is COc1ccc(C(=O)CC[NH2+][C@H](C(=O)[O-])[C@@H](C)O)cc1. The number of benzene rings is 1. The quantitative estimate of drug-likeness (QED) is 0.555. The Bertz CT molecular complexity index is 455. The topological polar surface area (TPSA) is 103 Å². The first-order valence-electron chi connectivity index (χ1n) is 6.35. The molecule has 1 aromatic rings. The lowest BCUT2D eigenvalue weighted by Gasteiger charge is -2.18. The zero-order chi connectivity index (χ0) is 15.1. The molecule has 0 saturated heterocycles. The number of ether oxygens (including phenoxy) is 1. The number of carbonyl (C=O) groups is 2. The Morgan fingerprint density at radius 1 is 1.35 bits per heavy atom. The molecule has 6 nitrogen and oxygen atoms in total. The van der Waals surface area contributed by atoms with Gasteiger partial charge in [0.1, 0.15) is 17.8 Å². The van der Waals surface area contributed by atoms with Crippen LogP contribution >= 0.6 is 0 Å². The van der Waals surface area contributed by atoms with E-state index < -0.39 is 18.1 Å². The molecular weight excluding hydrogens is 262 g/mol. The Hall–Kier alpha value is -1.92. The highest BCUT2D eigenvalue weighted by atomic mass is 16.5. The van der Waals surface area contributed by atoms with Crippen molar-refractivity contribution in [3.8, 4) is 5.75 Å². The van der Waals surface area contributed by atoms with E-state index in [1.807, 2.05) is 0 Å². The third-order valence-electron chi connectivity index (χ3n) is 3.00. The normalized spacial score (nSPS) is 13.6. The van der Waals surface area contributed by atoms with Crippen molar-refractivity contribution in [1.29, 1.82) is 0 Å². The number of ketones is 1. The highest BCUT2D eigenvalue weighted by Gasteiger charge is 2.19. The van der Waals surface area contributed by atoms with Crippen LogP contribution in [-0.4, -0.2) is 42.7 Å². The number of aliphatic carboxylic acids is 1. The highest BCUT2D eigenvalue weighted by Crippen LogP contribution is 2.12. The lowest BCUT2D eigenvalue weighted by atomic mass is 10.1. The van der Waals surface area contributed by atoms with Crippen molar-refractivity contribution in [3.63, 3.8) is 0 Å². The van der Waals surface area contributed by atoms with E-state index in [1.54, 1.807) is 31.4 Å². The van der Waals surface area contributed by atoms with Crippen LogP contribution in [0.4, 0.5) is 0 Å². The van der Waals surface area contributed by atoms with Crippen LogP contribution in [0.2, 0.25) is 0 Å². The van der Waals surface area contributed by atoms with E-state index in [-0.39, 0.29) is 18.7 Å². The Labute approximate surface area is 117 Å². The average Bonchev–Trinajstić information content (AvgIpc) is 2.42. The largest absolute Gasteiger partial charge is 0.544 e. The molecule has 0 amide bonds. The summed E-state index contributed by atoms with van der Waals surface area (Å²) in [5.74, 6) is -0.761. The van der Waals surface area contributed by atoms with E-state index in [9.17, 15) is 19.8 Å². The van der Waals surface area contributed by atoms with Gasteiger partial charge in [-0.1, -0.05) is 0 Å². The second-order valence-electron chi connectivity index (χ2n) is 4.51. The number of quaternary nitrogens is 1. The summed E-state index contributed by atoms with van der Waals surface area (Å²) in [6.07, 6.45) is -0.848. The van der Waals surface area contributed by atoms with Gasteiger partial charge in [-0.25, -0.2) is 0 Å². The number of aliphatic hydroxyl groups excluding tert-OH is 1. The first-order valence-corrected chi connectivity index (χ1v) is 6.35. The fourth-order valence-electron chi connectivity index (χ4n) is 1.81. The number of hydrogen-bond acceptors (Lipinski definition) is 5. The number of nitrogens with two attached hydrogens (primary N) is 1. The van der Waals surface area contributed by atoms with Crippen molar-refractivity contribution in [2.75, 3.05) is 13.7 Å². The van der Waals surface area contributed by atoms with Gasteiger partial charge in [-0.3, -0.25) is 4.79 Å². The van der Waals surface area contributed by atoms with E-state index in [1.165, 1.54) is 12.2 Å². The van der Waals surface area contributed by atoms with E-state index in [2.05, 4.69) is 0 Å². The molecule has 2 atom stereocenters. The van der Waals surface area contributed by atoms with Gasteiger partial charge in [0.15, 0.2) is 11.8 Å². The molecule has 0 aliphatic heterocycles. The van der Waals surface area contributed by atoms with Crippen LogP contribution < -0.4 is 15.2 Å². The predicted molar refractivity (Wildman–Crippen MR) is 69.2 cm³/mol. The van der Waals surface area contributed by atoms with Crippen LogP contribution in [0.1, 0.15) is 23.7 Å². The van der Waals surface area contributed by atoms with E-state index in [0.29, 0.717) is 11.3 Å². The molecule has 6 heteroatoms. The van der Waals surface area contributed by atoms with E-state index >= 15 is 0 Å². The minimum Gasteiger partial charge on any atom is -0.544 e. The molecule has 20 heavy (non-hydrogen) atoms. The van der Waals surface area contributed by atoms with Gasteiger partial charge < -0.3 is 25.1 Å². The lowest BCUT2D eigenvalue weighted by molar-refractivity contribution is -0.688. The number of hydrogen-bond donors (Lipinski definition) is 2. The van der Waals surface area contributed by atoms with Crippen molar-refractivity contribution in [3.05, 3.63) is 29.8 Å². The summed E-state index contributed by atoms with van der Waals surface area (Å²) in [6.45, 7) is 1.65. The average molecular weight is 281 g/mol. The fourth-order valence-corrected chi connectivity index (χ4v) is 1.81. The van der Waals surface area contributed by atoms with Crippen LogP contribution in [0.5, 0.6) is 5.75 Å². The Balaban J connectivity index is 2.48. The Kier molecular flexibility index (Phi) is 6.14. The first kappa shape index (κ1) is 16.1. The third kappa shape index (κ3) is 4.64. The number of carboxylic acid groups (broad SMARTS) is 1. The molecule has 0 radical (unpaired) electrons. The number of aliphatic hydroxyl groups is 1. The molecule has 0 heterocycles. The molecule has 1 rings (SSSR count). The minimum absolute atomic E-state index is 0.0911. The van der Waals surface area contributed by atoms with Crippen LogP contribution in [0.3, 0.4) is 0 Å². The zero-order valence-electron chi connectivity index (χ0n) is 11.5. The number of methoxy groups -OCH3 is 1. The summed E-state index contributed by atoms with van der Waals surface area (Å²) in [4.78, 5) is 22.6. The summed E-state index contributed by atoms with van der Waals surface area (Å²) >= 11 is 0. The van der Waals surface area contributed by atoms with Crippen molar-refractivity contribution >= 4 is 11.8 Å². The number of Topliss-reactive ketones (excluding diaryl/α,β-unsaturated/α-hetero) is 1. The van der Waals surface area contributed by atoms with Crippen molar-refractivity contribution in [2.24, 2.45) is 0 Å². The number of carboxylic acids is 1. The maximum absolute atomic E-state index is 11.9. The summed E-state index contributed by atoms with van der Waals surface area (Å²) in [5.41, 5.74) is 0.543. The number of rotatable bonds is 8. The van der Waals surface area contributed by atoms with Crippen molar-refractivity contribution in [2.45, 2.75) is 25.5 Å². The van der Waals surface area contributed by atoms with Gasteiger partial charge in [0, 0.05) is 5.56 Å². The monoisotopic (exact) mass is 281 g/mol. The van der Waals surface area contributed by atoms with Gasteiger partial charge in [0.25, 0.3) is 0 Å². The van der Waals surface area contributed by atoms with Crippen LogP contribution in [0, 0.1) is 0 Å². The van der Waals surface area contributed by atoms with Crippen molar-refractivity contribution in [1.82, 2.24) is 0 Å². The van der Waals surface area contributed by atoms with Crippen LogP contribution in [-0.2, 0) is 4.79 Å². The maximum Gasteiger partial charge on any atom is 0.168 e.